The van der Waals surface area contributed by atoms with Crippen molar-refractivity contribution in [2.24, 2.45) is 0 Å². The zero-order valence-corrected chi connectivity index (χ0v) is 75.3. The highest BCUT2D eigenvalue weighted by Crippen LogP contribution is 2.59. The lowest BCUT2D eigenvalue weighted by Gasteiger charge is -2.48. The predicted molar refractivity (Wildman–Crippen MR) is 503 cm³/mol. The summed E-state index contributed by atoms with van der Waals surface area (Å²) in [6.45, 7) is 18.4. The van der Waals surface area contributed by atoms with Gasteiger partial charge in [0.1, 0.15) is 33.2 Å². The molecule has 22 nitrogen and oxygen atoms in total. The minimum atomic E-state index is -1.07. The first kappa shape index (κ1) is 95.0. The van der Waals surface area contributed by atoms with E-state index in [1.54, 1.807) is 94.9 Å². The van der Waals surface area contributed by atoms with Crippen molar-refractivity contribution in [1.82, 2.24) is 24.9 Å². The number of benzene rings is 9. The average Bonchev–Trinajstić information content (AvgIpc) is 0.692. The second-order valence-corrected chi connectivity index (χ2v) is 31.8. The van der Waals surface area contributed by atoms with Crippen LogP contribution in [0.3, 0.4) is 0 Å². The number of halogens is 2. The monoisotopic (exact) mass is 1850 g/mol. The van der Waals surface area contributed by atoms with E-state index in [1.807, 2.05) is 223 Å². The Morgan fingerprint density at radius 1 is 0.432 bits per heavy atom. The van der Waals surface area contributed by atoms with Gasteiger partial charge in [-0.05, 0) is 223 Å². The molecule has 0 bridgehead atoms. The SMILES string of the molecule is CC(C)(O)c1ccccc1N(c1ccccc1)c1ncccc1C(C)(C)O.CC1(C)c2ccccc2N2c3ncccc3C(C)(C)c3cccc1c32.COC(=O)c1ccccc1I.COC(=O)c1cccnc1Br.COC(=O)c1cccnc1N(c1ccccc1)c1ccccc1C.COC(=O)c1cccnc1Nc1ccccc1.Nc1ccccc1.O=C=O. The van der Waals surface area contributed by atoms with Crippen molar-refractivity contribution < 1.29 is 57.9 Å². The predicted octanol–water partition coefficient (Wildman–Crippen LogP) is 22.5. The normalized spacial score (nSPS) is 11.7. The summed E-state index contributed by atoms with van der Waals surface area (Å²) in [5.74, 6) is 1.25. The van der Waals surface area contributed by atoms with Gasteiger partial charge >= 0.3 is 30.0 Å². The molecule has 5 aromatic heterocycles. The summed E-state index contributed by atoms with van der Waals surface area (Å²) in [6, 6.07) is 95.4. The molecule has 5 N–H and O–H groups in total. The number of nitrogen functional groups attached to an aromatic ring is 1. The Labute approximate surface area is 751 Å². The van der Waals surface area contributed by atoms with Crippen LogP contribution in [0.15, 0.2) is 333 Å². The number of aliphatic hydroxyl groups is 2. The summed E-state index contributed by atoms with van der Waals surface area (Å²) < 4.78 is 20.1. The maximum Gasteiger partial charge on any atom is 0.373 e. The van der Waals surface area contributed by atoms with Crippen LogP contribution in [0.1, 0.15) is 136 Å². The number of para-hydroxylation sites is 8. The van der Waals surface area contributed by atoms with E-state index in [9.17, 15) is 29.4 Å². The zero-order chi connectivity index (χ0) is 90.4. The van der Waals surface area contributed by atoms with Gasteiger partial charge < -0.3 is 40.2 Å². The van der Waals surface area contributed by atoms with Crippen LogP contribution in [0.4, 0.5) is 68.8 Å². The van der Waals surface area contributed by atoms with Gasteiger partial charge in [0.25, 0.3) is 0 Å². The average molecular weight is 1850 g/mol. The van der Waals surface area contributed by atoms with Gasteiger partial charge in [-0.25, -0.2) is 44.1 Å². The Balaban J connectivity index is 0.000000170. The summed E-state index contributed by atoms with van der Waals surface area (Å²) in [7, 11) is 5.44. The third-order valence-electron chi connectivity index (χ3n) is 19.8. The van der Waals surface area contributed by atoms with E-state index in [4.69, 9.17) is 29.8 Å². The van der Waals surface area contributed by atoms with Crippen LogP contribution in [0, 0.1) is 10.5 Å². The van der Waals surface area contributed by atoms with Crippen molar-refractivity contribution in [2.45, 2.75) is 84.3 Å². The van der Waals surface area contributed by atoms with E-state index in [1.165, 1.54) is 62.1 Å². The minimum Gasteiger partial charge on any atom is -0.465 e. The van der Waals surface area contributed by atoms with E-state index in [2.05, 4.69) is 160 Å². The van der Waals surface area contributed by atoms with Gasteiger partial charge in [0.05, 0.1) is 73.5 Å². The molecule has 0 fully saturated rings. The number of nitrogens with one attached hydrogen (secondary N) is 1. The largest absolute Gasteiger partial charge is 0.465 e. The smallest absolute Gasteiger partial charge is 0.373 e. The molecule has 0 aliphatic carbocycles. The van der Waals surface area contributed by atoms with Gasteiger partial charge in [0.15, 0.2) is 5.82 Å². The van der Waals surface area contributed by atoms with Crippen molar-refractivity contribution in [3.63, 3.8) is 0 Å². The number of carbonyl (C=O) groups is 4. The van der Waals surface area contributed by atoms with Crippen molar-refractivity contribution in [3.8, 4) is 0 Å². The van der Waals surface area contributed by atoms with Crippen LogP contribution in [0.25, 0.3) is 0 Å². The highest BCUT2D eigenvalue weighted by atomic mass is 127. The summed E-state index contributed by atoms with van der Waals surface area (Å²) >= 11 is 5.22. The number of aryl methyl sites for hydroxylation is 1. The highest BCUT2D eigenvalue weighted by molar-refractivity contribution is 14.1. The number of carbonyl (C=O) groups excluding carboxylic acids is 6. The van der Waals surface area contributed by atoms with E-state index in [0.717, 1.165) is 54.6 Å². The molecule has 0 radical (unpaired) electrons. The van der Waals surface area contributed by atoms with Gasteiger partial charge in [-0.2, -0.15) is 9.59 Å². The van der Waals surface area contributed by atoms with Crippen LogP contribution in [0.2, 0.25) is 0 Å². The molecule has 24 heteroatoms. The number of ether oxygens (including phenoxy) is 4. The summed E-state index contributed by atoms with van der Waals surface area (Å²) in [4.78, 5) is 90.1. The molecule has 7 heterocycles. The maximum absolute atomic E-state index is 12.2. The van der Waals surface area contributed by atoms with E-state index in [-0.39, 0.29) is 28.9 Å². The Hall–Kier alpha value is -13.9. The Kier molecular flexibility index (Phi) is 34.0. The van der Waals surface area contributed by atoms with Gasteiger partial charge in [0, 0.05) is 84.8 Å². The number of aromatic nitrogens is 5. The molecule has 2 aliphatic rings. The molecule has 0 saturated heterocycles. The van der Waals surface area contributed by atoms with E-state index >= 15 is 0 Å². The summed E-state index contributed by atoms with van der Waals surface area (Å²) in [5.41, 5.74) is 20.9. The van der Waals surface area contributed by atoms with Crippen LogP contribution >= 0.6 is 38.5 Å². The lowest BCUT2D eigenvalue weighted by Crippen LogP contribution is -2.38. The number of nitrogens with two attached hydrogens (primary N) is 1. The fourth-order valence-corrected chi connectivity index (χ4v) is 14.8. The molecular weight excluding hydrogens is 1750 g/mol. The molecule has 0 saturated carbocycles. The lowest BCUT2D eigenvalue weighted by atomic mass is 9.67. The quantitative estimate of drug-likeness (QED) is 0.0259. The first-order valence-corrected chi connectivity index (χ1v) is 41.3. The molecule has 0 amide bonds. The number of hydrogen-bond donors (Lipinski definition) is 4. The third-order valence-corrected chi connectivity index (χ3v) is 21.4. The third kappa shape index (κ3) is 24.1. The van der Waals surface area contributed by atoms with Crippen LogP contribution in [-0.4, -0.2) is 93.6 Å². The molecule has 125 heavy (non-hydrogen) atoms. The maximum atomic E-state index is 12.2. The number of hydrogen-bond acceptors (Lipinski definition) is 22. The number of esters is 4. The van der Waals surface area contributed by atoms with Gasteiger partial charge in [-0.1, -0.05) is 198 Å². The Morgan fingerprint density at radius 2 is 0.824 bits per heavy atom. The number of pyridine rings is 5. The first-order chi connectivity index (χ1) is 60.0. The second kappa shape index (κ2) is 44.8. The topological polar surface area (TPSA) is 292 Å². The lowest BCUT2D eigenvalue weighted by molar-refractivity contribution is -0.191. The van der Waals surface area contributed by atoms with Gasteiger partial charge in [-0.3, -0.25) is 14.7 Å². The fraction of sp³-hybridized carbons (Fsp3) is 0.168. The van der Waals surface area contributed by atoms with Crippen LogP contribution in [-0.2, 0) is 50.6 Å². The molecule has 9 aromatic carbocycles. The molecular formula is C101H98BrIN10O12. The number of fused-ring (bicyclic) bond motifs is 4. The molecule has 2 aliphatic heterocycles. The highest BCUT2D eigenvalue weighted by Gasteiger charge is 2.46. The number of methoxy groups -OCH3 is 4. The second-order valence-electron chi connectivity index (χ2n) is 29.9. The van der Waals surface area contributed by atoms with Crippen molar-refractivity contribution >= 4 is 137 Å². The van der Waals surface area contributed by atoms with Gasteiger partial charge in [0.2, 0.25) is 0 Å². The minimum absolute atomic E-state index is 0.0270. The number of nitrogens with zero attached hydrogens (tertiary/aromatic N) is 8. The zero-order valence-electron chi connectivity index (χ0n) is 71.6. The van der Waals surface area contributed by atoms with Crippen LogP contribution in [0.5, 0.6) is 0 Å². The molecule has 0 spiro atoms. The van der Waals surface area contributed by atoms with Gasteiger partial charge in [-0.15, -0.1) is 0 Å². The number of anilines is 12. The van der Waals surface area contributed by atoms with Crippen molar-refractivity contribution in [1.29, 1.82) is 0 Å². The first-order valence-electron chi connectivity index (χ1n) is 39.4. The molecule has 14 aromatic rings. The molecule has 0 atom stereocenters. The summed E-state index contributed by atoms with van der Waals surface area (Å²) in [5, 5.41) is 24.5. The molecule has 16 rings (SSSR count). The fourth-order valence-electron chi connectivity index (χ4n) is 13.8. The van der Waals surface area contributed by atoms with Crippen molar-refractivity contribution in [2.75, 3.05) is 54.2 Å². The number of rotatable bonds is 14. The van der Waals surface area contributed by atoms with E-state index in [0.29, 0.717) is 49.9 Å². The Morgan fingerprint density at radius 3 is 1.38 bits per heavy atom. The Bertz CT molecular complexity index is 5780. The van der Waals surface area contributed by atoms with Crippen molar-refractivity contribution in [3.05, 3.63) is 398 Å². The summed E-state index contributed by atoms with van der Waals surface area (Å²) in [6.07, 6.45) is 8.77. The van der Waals surface area contributed by atoms with E-state index < -0.39 is 23.1 Å². The van der Waals surface area contributed by atoms with Crippen LogP contribution < -0.4 is 25.8 Å². The molecule has 0 unspecified atom stereocenters. The molecule has 638 valence electrons. The standard InChI is InChI=1S/C23H26N2O2.C23H22N2.C20H18N2O2.C13H12N2O2.C8H7IO2.C7H6BrNO2.C6H7N.CO2/c1-22(2,26)18-13-8-9-15-20(18)25(17-11-6-5-7-12-17)21-19(23(3,4)27)14-10-16-24-21;1-22(2)15-9-5-6-13-19(15)25-20-16(22)10-7-11-17(20)23(3,4)18-12-8-14-24-21(18)25;1-15-9-6-7-13-18(15)22(16-10-4-3-5-11-16)19-17(20(23)24-2)12-8-14-21-19;1-17-13(16)11-8-5-9-14-12(11)15-10-6-3-2-4-7-10;1-11-8(10)6-4-2-3-5-7(6)9;1-11-7(10)5-3-2-4-9-6(5)8;7-6-4-2-1-3-5-6;2-1-3/h5-16,26-27H,1-4H3;5-14H,1-4H3;3-14H,1-2H3;2-9H,1H3,(H,14,15);2-5H,1H3;2-4H,1H3;1-5H,7H2;.